The Balaban J connectivity index is 1.68. The lowest BCUT2D eigenvalue weighted by Crippen LogP contribution is -2.38. The molecule has 0 saturated heterocycles. The van der Waals surface area contributed by atoms with Gasteiger partial charge in [-0.25, -0.2) is 0 Å². The predicted octanol–water partition coefficient (Wildman–Crippen LogP) is 8.94. The van der Waals surface area contributed by atoms with E-state index in [-0.39, 0.29) is 10.8 Å². The molecule has 0 amide bonds. The molecule has 200 valence electrons. The van der Waals surface area contributed by atoms with Crippen molar-refractivity contribution in [3.8, 4) is 22.6 Å². The lowest BCUT2D eigenvalue weighted by Gasteiger charge is -2.39. The molecule has 0 bridgehead atoms. The van der Waals surface area contributed by atoms with Crippen molar-refractivity contribution in [3.05, 3.63) is 119 Å². The van der Waals surface area contributed by atoms with Crippen molar-refractivity contribution in [1.29, 1.82) is 0 Å². The van der Waals surface area contributed by atoms with Crippen LogP contribution in [-0.4, -0.2) is 10.2 Å². The molecule has 0 saturated carbocycles. The second-order valence-corrected chi connectivity index (χ2v) is 12.8. The minimum Gasteiger partial charge on any atom is -0.508 e. The van der Waals surface area contributed by atoms with Crippen LogP contribution in [0.15, 0.2) is 91.0 Å². The molecule has 1 aliphatic rings. The Morgan fingerprint density at radius 3 is 2.03 bits per heavy atom. The van der Waals surface area contributed by atoms with Crippen LogP contribution in [0, 0.1) is 0 Å². The van der Waals surface area contributed by atoms with Crippen molar-refractivity contribution in [1.82, 2.24) is 0 Å². The second kappa shape index (κ2) is 9.64. The molecule has 3 N–H and O–H groups in total. The molecule has 0 radical (unpaired) electrons. The van der Waals surface area contributed by atoms with E-state index in [0.29, 0.717) is 17.9 Å². The molecule has 5 rings (SSSR count). The van der Waals surface area contributed by atoms with Gasteiger partial charge in [-0.15, -0.1) is 0 Å². The summed E-state index contributed by atoms with van der Waals surface area (Å²) >= 11 is 0. The van der Waals surface area contributed by atoms with Crippen LogP contribution < -0.4 is 5.32 Å². The average molecular weight is 518 g/mol. The third-order valence-corrected chi connectivity index (χ3v) is 7.77. The van der Waals surface area contributed by atoms with E-state index in [1.807, 2.05) is 42.5 Å². The zero-order valence-electron chi connectivity index (χ0n) is 23.8. The largest absolute Gasteiger partial charge is 0.508 e. The van der Waals surface area contributed by atoms with Crippen LogP contribution in [0.4, 0.5) is 5.69 Å². The van der Waals surface area contributed by atoms with Gasteiger partial charge in [-0.05, 0) is 44.7 Å². The Labute approximate surface area is 232 Å². The van der Waals surface area contributed by atoms with Crippen LogP contribution in [0.25, 0.3) is 17.2 Å². The summed E-state index contributed by atoms with van der Waals surface area (Å²) in [5.41, 5.74) is 6.85. The first kappa shape index (κ1) is 26.6. The van der Waals surface area contributed by atoms with Gasteiger partial charge in [0.2, 0.25) is 0 Å². The summed E-state index contributed by atoms with van der Waals surface area (Å²) < 4.78 is 0. The molecule has 4 aromatic rings. The first-order valence-electron chi connectivity index (χ1n) is 13.7. The molecule has 0 fully saturated rings. The van der Waals surface area contributed by atoms with Gasteiger partial charge in [0.05, 0.1) is 11.2 Å². The number of rotatable bonds is 4. The molecular formula is C36H39NO2. The van der Waals surface area contributed by atoms with Crippen molar-refractivity contribution in [2.75, 3.05) is 5.32 Å². The van der Waals surface area contributed by atoms with E-state index in [1.165, 1.54) is 5.56 Å². The van der Waals surface area contributed by atoms with Crippen molar-refractivity contribution in [2.24, 2.45) is 0 Å². The first-order valence-corrected chi connectivity index (χ1v) is 13.7. The highest BCUT2D eigenvalue weighted by atomic mass is 16.3. The van der Waals surface area contributed by atoms with Gasteiger partial charge in [-0.1, -0.05) is 133 Å². The fourth-order valence-corrected chi connectivity index (χ4v) is 5.67. The number of hydrogen-bond donors (Lipinski definition) is 3. The Morgan fingerprint density at radius 1 is 0.692 bits per heavy atom. The van der Waals surface area contributed by atoms with Gasteiger partial charge in [0.15, 0.2) is 0 Å². The van der Waals surface area contributed by atoms with Crippen LogP contribution in [0.1, 0.15) is 69.4 Å². The highest BCUT2D eigenvalue weighted by molar-refractivity contribution is 5.90. The number of benzene rings is 4. The Kier molecular flexibility index (Phi) is 6.58. The van der Waals surface area contributed by atoms with Gasteiger partial charge in [0, 0.05) is 17.5 Å². The maximum atomic E-state index is 11.4. The van der Waals surface area contributed by atoms with Crippen LogP contribution in [0.5, 0.6) is 11.5 Å². The molecule has 0 spiro atoms. The number of fused-ring (bicyclic) bond motifs is 1. The van der Waals surface area contributed by atoms with Crippen LogP contribution in [0.2, 0.25) is 0 Å². The molecule has 0 aliphatic carbocycles. The highest BCUT2D eigenvalue weighted by Gasteiger charge is 2.35. The molecule has 1 unspecified atom stereocenters. The quantitative estimate of drug-likeness (QED) is 0.253. The lowest BCUT2D eigenvalue weighted by molar-refractivity contribution is 0.443. The van der Waals surface area contributed by atoms with E-state index in [4.69, 9.17) is 0 Å². The van der Waals surface area contributed by atoms with Gasteiger partial charge in [-0.3, -0.25) is 0 Å². The topological polar surface area (TPSA) is 52.5 Å². The Hall–Kier alpha value is -3.98. The number of phenols is 2. The average Bonchev–Trinajstić information content (AvgIpc) is 2.88. The first-order chi connectivity index (χ1) is 18.4. The third kappa shape index (κ3) is 5.06. The number of nitrogens with one attached hydrogen (secondary N) is 1. The third-order valence-electron chi connectivity index (χ3n) is 7.77. The fraction of sp³-hybridized carbons (Fsp3) is 0.278. The van der Waals surface area contributed by atoms with Crippen molar-refractivity contribution in [3.63, 3.8) is 0 Å². The summed E-state index contributed by atoms with van der Waals surface area (Å²) in [6.45, 7) is 12.7. The molecule has 4 aromatic carbocycles. The van der Waals surface area contributed by atoms with Crippen molar-refractivity contribution >= 4 is 11.8 Å². The summed E-state index contributed by atoms with van der Waals surface area (Å²) in [7, 11) is 0. The number of hydrogen-bond acceptors (Lipinski definition) is 3. The minimum absolute atomic E-state index is 0.166. The Bertz CT molecular complexity index is 1540. The molecule has 1 heterocycles. The number of anilines is 1. The maximum absolute atomic E-state index is 11.4. The zero-order valence-corrected chi connectivity index (χ0v) is 23.8. The van der Waals surface area contributed by atoms with Crippen molar-refractivity contribution in [2.45, 2.75) is 64.3 Å². The second-order valence-electron chi connectivity index (χ2n) is 12.8. The fourth-order valence-electron chi connectivity index (χ4n) is 5.67. The monoisotopic (exact) mass is 517 g/mol. The van der Waals surface area contributed by atoms with Gasteiger partial charge in [0.1, 0.15) is 11.5 Å². The molecular weight excluding hydrogens is 478 g/mol. The van der Waals surface area contributed by atoms with E-state index in [1.54, 1.807) is 0 Å². The van der Waals surface area contributed by atoms with Gasteiger partial charge < -0.3 is 15.5 Å². The maximum Gasteiger partial charge on any atom is 0.127 e. The van der Waals surface area contributed by atoms with Crippen LogP contribution in [0.3, 0.4) is 0 Å². The summed E-state index contributed by atoms with van der Waals surface area (Å²) in [4.78, 5) is 0. The van der Waals surface area contributed by atoms with E-state index in [0.717, 1.165) is 39.1 Å². The van der Waals surface area contributed by atoms with Crippen molar-refractivity contribution < 1.29 is 10.2 Å². The molecule has 1 aliphatic heterocycles. The van der Waals surface area contributed by atoms with Gasteiger partial charge in [0.25, 0.3) is 0 Å². The summed E-state index contributed by atoms with van der Waals surface area (Å²) in [6, 6.07) is 28.7. The summed E-state index contributed by atoms with van der Waals surface area (Å²) in [6.07, 6.45) is 5.07. The molecule has 0 aromatic heterocycles. The number of aromatic hydroxyl groups is 2. The van der Waals surface area contributed by atoms with Crippen LogP contribution >= 0.6 is 0 Å². The van der Waals surface area contributed by atoms with Crippen LogP contribution in [-0.2, 0) is 22.8 Å². The van der Waals surface area contributed by atoms with Gasteiger partial charge in [-0.2, -0.15) is 0 Å². The molecule has 39 heavy (non-hydrogen) atoms. The van der Waals surface area contributed by atoms with E-state index < -0.39 is 5.54 Å². The summed E-state index contributed by atoms with van der Waals surface area (Å²) in [5, 5.41) is 26.5. The SMILES string of the molecule is CC(C)(C)c1ccc(C2(Cc3ccccc3)C=Cc3cccc(-c4cccc(C(C)(C)C)c4O)c3N2)cc1O. The molecule has 3 nitrogen and oxygen atoms in total. The Morgan fingerprint density at radius 2 is 1.36 bits per heavy atom. The normalized spacial score (nSPS) is 17.0. The van der Waals surface area contributed by atoms with E-state index >= 15 is 0 Å². The van der Waals surface area contributed by atoms with E-state index in [2.05, 4.69) is 101 Å². The highest BCUT2D eigenvalue weighted by Crippen LogP contribution is 2.47. The predicted molar refractivity (Wildman–Crippen MR) is 164 cm³/mol. The smallest absolute Gasteiger partial charge is 0.127 e. The molecule has 1 atom stereocenters. The van der Waals surface area contributed by atoms with E-state index in [9.17, 15) is 10.2 Å². The minimum atomic E-state index is -0.602. The number of para-hydroxylation sites is 2. The summed E-state index contributed by atoms with van der Waals surface area (Å²) in [5.74, 6) is 0.618. The number of phenolic OH excluding ortho intramolecular Hbond substituents is 2. The zero-order chi connectivity index (χ0) is 28.0. The lowest BCUT2D eigenvalue weighted by atomic mass is 9.77. The molecule has 3 heteroatoms. The standard InChI is InChI=1S/C36H39NO2/c1-34(2,3)29-19-18-26(22-31(29)38)36(23-24-12-8-7-9-13-24)21-20-25-14-10-15-27(32(25)37-36)28-16-11-17-30(33(28)39)35(4,5)6/h7-22,37-39H,23H2,1-6H3. The van der Waals surface area contributed by atoms with Gasteiger partial charge >= 0.3 is 0 Å².